The van der Waals surface area contributed by atoms with Crippen molar-refractivity contribution in [3.8, 4) is 0 Å². The Hall–Kier alpha value is 0.220. The molecule has 15 heavy (non-hydrogen) atoms. The van der Waals surface area contributed by atoms with Crippen LogP contribution in [0.5, 0.6) is 0 Å². The van der Waals surface area contributed by atoms with Gasteiger partial charge in [-0.3, -0.25) is 0 Å². The molecule has 0 saturated carbocycles. The van der Waals surface area contributed by atoms with Gasteiger partial charge in [0, 0.05) is 6.42 Å². The summed E-state index contributed by atoms with van der Waals surface area (Å²) >= 11 is 0. The normalized spacial score (nSPS) is 16.3. The molecule has 4 nitrogen and oxygen atoms in total. The maximum absolute atomic E-state index is 10.4. The molecule has 0 aromatic carbocycles. The summed E-state index contributed by atoms with van der Waals surface area (Å²) in [6.45, 7) is 4.04. The summed E-state index contributed by atoms with van der Waals surface area (Å²) < 4.78 is 31.3. The third kappa shape index (κ3) is 10.5. The van der Waals surface area contributed by atoms with Crippen LogP contribution in [0.2, 0.25) is 0 Å². The van der Waals surface area contributed by atoms with Crippen molar-refractivity contribution in [3.63, 3.8) is 0 Å². The van der Waals surface area contributed by atoms with Crippen molar-refractivity contribution in [2.75, 3.05) is 5.75 Å². The van der Waals surface area contributed by atoms with Crippen LogP contribution in [0.1, 0.15) is 46.0 Å². The van der Waals surface area contributed by atoms with Gasteiger partial charge in [-0.15, -0.1) is 0 Å². The fourth-order valence-electron chi connectivity index (χ4n) is 1.27. The lowest BCUT2D eigenvalue weighted by atomic mass is 9.97. The van der Waals surface area contributed by atoms with Crippen LogP contribution in [0.15, 0.2) is 0 Å². The summed E-state index contributed by atoms with van der Waals surface area (Å²) in [7, 11) is -3.71. The first-order valence-electron chi connectivity index (χ1n) is 5.22. The molecule has 0 amide bonds. The third-order valence-electron chi connectivity index (χ3n) is 2.19. The summed E-state index contributed by atoms with van der Waals surface area (Å²) in [5.41, 5.74) is 3.64. The fourth-order valence-corrected chi connectivity index (χ4v) is 3.12. The highest BCUT2D eigenvalue weighted by atomic mass is 33.1. The van der Waals surface area contributed by atoms with Crippen molar-refractivity contribution in [2.24, 2.45) is 0 Å². The molecule has 0 aromatic rings. The van der Waals surface area contributed by atoms with Crippen LogP contribution >= 0.6 is 10.8 Å². The van der Waals surface area contributed by atoms with Crippen molar-refractivity contribution < 1.29 is 18.7 Å². The second-order valence-electron chi connectivity index (χ2n) is 4.29. The van der Waals surface area contributed by atoms with Crippen molar-refractivity contribution in [2.45, 2.75) is 51.5 Å². The molecule has 0 fully saturated rings. The van der Waals surface area contributed by atoms with Crippen LogP contribution in [0.25, 0.3) is 0 Å². The van der Waals surface area contributed by atoms with E-state index in [4.69, 9.17) is 0 Å². The molecule has 1 unspecified atom stereocenters. The van der Waals surface area contributed by atoms with Crippen LogP contribution in [0, 0.1) is 0 Å². The van der Waals surface area contributed by atoms with Crippen LogP contribution in [-0.4, -0.2) is 24.3 Å². The van der Waals surface area contributed by atoms with Crippen molar-refractivity contribution in [1.29, 1.82) is 0 Å². The Morgan fingerprint density at radius 3 is 2.40 bits per heavy atom. The van der Waals surface area contributed by atoms with E-state index in [0.717, 1.165) is 19.3 Å². The largest absolute Gasteiger partial charge is 0.739 e. The lowest BCUT2D eigenvalue weighted by Gasteiger charge is -2.20. The average Bonchev–Trinajstić information content (AvgIpc) is 2.09. The first-order chi connectivity index (χ1) is 6.77. The van der Waals surface area contributed by atoms with E-state index in [-0.39, 0.29) is 11.3 Å². The molecule has 0 spiro atoms. The molecule has 0 aromatic heterocycles. The van der Waals surface area contributed by atoms with Gasteiger partial charge in [0.05, 0.1) is 5.75 Å². The molecule has 0 aliphatic heterocycles. The van der Waals surface area contributed by atoms with Crippen LogP contribution in [0.4, 0.5) is 0 Å². The maximum atomic E-state index is 10.4. The first kappa shape index (κ1) is 15.2. The predicted molar refractivity (Wildman–Crippen MR) is 62.2 cm³/mol. The van der Waals surface area contributed by atoms with Crippen LogP contribution in [0.3, 0.4) is 0 Å². The molecule has 0 heterocycles. The Labute approximate surface area is 96.2 Å². The minimum absolute atomic E-state index is 0.283. The molecular formula is C9H21NO3S2. The molecule has 0 aliphatic rings. The van der Waals surface area contributed by atoms with E-state index in [1.165, 1.54) is 12.8 Å². The van der Waals surface area contributed by atoms with Crippen LogP contribution < -0.4 is 5.73 Å². The second-order valence-corrected chi connectivity index (χ2v) is 7.56. The van der Waals surface area contributed by atoms with Gasteiger partial charge in [0.1, 0.15) is 14.7 Å². The second kappa shape index (κ2) is 6.73. The van der Waals surface area contributed by atoms with Gasteiger partial charge in [0.25, 0.3) is 0 Å². The van der Waals surface area contributed by atoms with E-state index >= 15 is 0 Å². The van der Waals surface area contributed by atoms with E-state index < -0.39 is 9.15 Å². The smallest absolute Gasteiger partial charge is 0.149 e. The zero-order chi connectivity index (χ0) is 11.9. The lowest BCUT2D eigenvalue weighted by molar-refractivity contribution is -0.465. The first-order valence-corrected chi connectivity index (χ1v) is 8.13. The van der Waals surface area contributed by atoms with Gasteiger partial charge < -0.3 is 10.3 Å². The highest BCUT2D eigenvalue weighted by Crippen LogP contribution is 2.19. The zero-order valence-corrected chi connectivity index (χ0v) is 11.1. The maximum Gasteiger partial charge on any atom is 0.149 e. The van der Waals surface area contributed by atoms with Crippen molar-refractivity contribution in [3.05, 3.63) is 0 Å². The molecule has 0 rings (SSSR count). The molecule has 0 aliphatic carbocycles. The van der Waals surface area contributed by atoms with Gasteiger partial charge in [0.15, 0.2) is 0 Å². The van der Waals surface area contributed by atoms with Gasteiger partial charge >= 0.3 is 0 Å². The Morgan fingerprint density at radius 1 is 1.33 bits per heavy atom. The Morgan fingerprint density at radius 2 is 1.93 bits per heavy atom. The molecule has 92 valence electrons. The zero-order valence-electron chi connectivity index (χ0n) is 9.49. The standard InChI is InChI=1S/C9H21NO3S2/c1-3-4-5-6-7-9(2,10)8-14-15(11,12)13/h3-8,10H2,1-2H3,(H,11,12,13). The summed E-state index contributed by atoms with van der Waals surface area (Å²) in [5, 5.41) is 0. The average molecular weight is 255 g/mol. The van der Waals surface area contributed by atoms with Crippen molar-refractivity contribution >= 4 is 19.9 Å². The van der Waals surface area contributed by atoms with Crippen molar-refractivity contribution in [1.82, 2.24) is 0 Å². The quantitative estimate of drug-likeness (QED) is 0.400. The third-order valence-corrected chi connectivity index (χ3v) is 4.51. The molecule has 3 N–H and O–H groups in total. The Bertz CT molecular complexity index is 263. The number of unbranched alkanes of at least 4 members (excludes halogenated alkanes) is 3. The van der Waals surface area contributed by atoms with E-state index in [0.29, 0.717) is 10.8 Å². The minimum Gasteiger partial charge on any atom is -0.739 e. The molecule has 0 saturated heterocycles. The Kier molecular flexibility index (Phi) is 6.83. The summed E-state index contributed by atoms with van der Waals surface area (Å²) in [5.74, 6) is 0.283. The van der Waals surface area contributed by atoms with E-state index in [1.54, 1.807) is 0 Å². The predicted octanol–water partition coefficient (Wildman–Crippen LogP) is 1.15. The van der Waals surface area contributed by atoms with Crippen LogP contribution in [-0.2, 0) is 9.15 Å². The fraction of sp³-hybridized carbons (Fsp3) is 1.00. The summed E-state index contributed by atoms with van der Waals surface area (Å²) in [4.78, 5) is 0. The Balaban J connectivity index is 3.77. The number of hydrogen-bond acceptors (Lipinski definition) is 4. The molecular weight excluding hydrogens is 234 g/mol. The van der Waals surface area contributed by atoms with E-state index in [9.17, 15) is 13.0 Å². The number of hydrogen-bond donors (Lipinski definition) is 1. The van der Waals surface area contributed by atoms with E-state index in [1.807, 2.05) is 6.92 Å². The van der Waals surface area contributed by atoms with Gasteiger partial charge in [-0.05, 0) is 24.1 Å². The molecule has 1 atom stereocenters. The van der Waals surface area contributed by atoms with E-state index in [2.05, 4.69) is 12.7 Å². The number of rotatable bonds is 8. The SMILES string of the molecule is CCCCCCC(C)([NH3+])CSS(=O)(=O)[O-]. The lowest BCUT2D eigenvalue weighted by Crippen LogP contribution is -2.72. The molecule has 0 bridgehead atoms. The van der Waals surface area contributed by atoms with Gasteiger partial charge in [-0.1, -0.05) is 26.2 Å². The highest BCUT2D eigenvalue weighted by molar-refractivity contribution is 8.69. The summed E-state index contributed by atoms with van der Waals surface area (Å²) in [6.07, 6.45) is 5.44. The molecule has 6 heteroatoms. The number of quaternary nitrogens is 1. The van der Waals surface area contributed by atoms with Gasteiger partial charge in [0.2, 0.25) is 0 Å². The monoisotopic (exact) mass is 255 g/mol. The van der Waals surface area contributed by atoms with Gasteiger partial charge in [-0.2, -0.15) is 0 Å². The summed E-state index contributed by atoms with van der Waals surface area (Å²) in [6, 6.07) is 0. The van der Waals surface area contributed by atoms with Gasteiger partial charge in [-0.25, -0.2) is 8.42 Å². The topological polar surface area (TPSA) is 84.8 Å². The highest BCUT2D eigenvalue weighted by Gasteiger charge is 2.23. The minimum atomic E-state index is -4.17. The molecule has 0 radical (unpaired) electrons.